The number of hydrogen-bond donors (Lipinski definition) is 2. The van der Waals surface area contributed by atoms with E-state index in [2.05, 4.69) is 12.3 Å². The highest BCUT2D eigenvalue weighted by molar-refractivity contribution is 6.30. The van der Waals surface area contributed by atoms with Crippen molar-refractivity contribution in [1.82, 2.24) is 5.43 Å². The number of rotatable bonds is 7. The molecule has 0 bridgehead atoms. The largest absolute Gasteiger partial charge is 0.271 e. The summed E-state index contributed by atoms with van der Waals surface area (Å²) >= 11 is 5.74. The van der Waals surface area contributed by atoms with Crippen LogP contribution in [0.25, 0.3) is 0 Å². The third-order valence-electron chi connectivity index (χ3n) is 2.86. The van der Waals surface area contributed by atoms with Crippen LogP contribution >= 0.6 is 11.6 Å². The summed E-state index contributed by atoms with van der Waals surface area (Å²) in [5, 5.41) is 0.173. The van der Waals surface area contributed by atoms with Crippen LogP contribution in [-0.2, 0) is 6.42 Å². The van der Waals surface area contributed by atoms with Crippen molar-refractivity contribution < 1.29 is 4.39 Å². The molecule has 0 saturated carbocycles. The zero-order valence-electron chi connectivity index (χ0n) is 10.2. The van der Waals surface area contributed by atoms with Gasteiger partial charge in [0, 0.05) is 6.04 Å². The van der Waals surface area contributed by atoms with E-state index in [-0.39, 0.29) is 16.9 Å². The van der Waals surface area contributed by atoms with Crippen molar-refractivity contribution in [2.45, 2.75) is 45.1 Å². The maximum atomic E-state index is 13.0. The van der Waals surface area contributed by atoms with Crippen molar-refractivity contribution >= 4 is 11.6 Å². The summed E-state index contributed by atoms with van der Waals surface area (Å²) in [4.78, 5) is 0. The Hall–Kier alpha value is -0.640. The molecule has 0 aliphatic carbocycles. The third-order valence-corrected chi connectivity index (χ3v) is 3.15. The lowest BCUT2D eigenvalue weighted by molar-refractivity contribution is 0.466. The Morgan fingerprint density at radius 3 is 2.76 bits per heavy atom. The molecule has 0 spiro atoms. The Morgan fingerprint density at radius 1 is 1.41 bits per heavy atom. The molecule has 0 aliphatic heterocycles. The van der Waals surface area contributed by atoms with Crippen LogP contribution in [0.5, 0.6) is 0 Å². The van der Waals surface area contributed by atoms with Crippen LogP contribution in [0, 0.1) is 5.82 Å². The average molecular weight is 259 g/mol. The number of hydrogen-bond acceptors (Lipinski definition) is 2. The maximum absolute atomic E-state index is 13.0. The summed E-state index contributed by atoms with van der Waals surface area (Å²) in [5.74, 6) is 5.14. The molecule has 0 saturated heterocycles. The first-order valence-electron chi connectivity index (χ1n) is 6.07. The summed E-state index contributed by atoms with van der Waals surface area (Å²) in [5.41, 5.74) is 3.82. The Morgan fingerprint density at radius 2 is 2.18 bits per heavy atom. The first kappa shape index (κ1) is 14.4. The quantitative estimate of drug-likeness (QED) is 0.447. The van der Waals surface area contributed by atoms with E-state index in [1.54, 1.807) is 12.1 Å². The fourth-order valence-corrected chi connectivity index (χ4v) is 2.04. The minimum atomic E-state index is -0.376. The molecule has 3 N–H and O–H groups in total. The second-order valence-corrected chi connectivity index (χ2v) is 4.72. The lowest BCUT2D eigenvalue weighted by atomic mass is 10.0. The first-order chi connectivity index (χ1) is 8.17. The van der Waals surface area contributed by atoms with Crippen molar-refractivity contribution in [3.05, 3.63) is 34.6 Å². The van der Waals surface area contributed by atoms with E-state index in [4.69, 9.17) is 17.4 Å². The van der Waals surface area contributed by atoms with Crippen LogP contribution < -0.4 is 11.3 Å². The van der Waals surface area contributed by atoms with Gasteiger partial charge in [0.05, 0.1) is 5.02 Å². The van der Waals surface area contributed by atoms with Gasteiger partial charge in [0.2, 0.25) is 0 Å². The van der Waals surface area contributed by atoms with E-state index in [0.717, 1.165) is 24.8 Å². The molecule has 0 amide bonds. The van der Waals surface area contributed by atoms with Gasteiger partial charge >= 0.3 is 0 Å². The van der Waals surface area contributed by atoms with Gasteiger partial charge in [0.15, 0.2) is 0 Å². The number of nitrogens with two attached hydrogens (primary N) is 1. The van der Waals surface area contributed by atoms with Crippen LogP contribution in [0.2, 0.25) is 5.02 Å². The van der Waals surface area contributed by atoms with Crippen molar-refractivity contribution in [1.29, 1.82) is 0 Å². The Labute approximate surface area is 107 Å². The Balaban J connectivity index is 2.51. The molecule has 1 atom stereocenters. The summed E-state index contributed by atoms with van der Waals surface area (Å²) in [6.45, 7) is 2.17. The van der Waals surface area contributed by atoms with Gasteiger partial charge < -0.3 is 0 Å². The van der Waals surface area contributed by atoms with Crippen LogP contribution in [-0.4, -0.2) is 6.04 Å². The fourth-order valence-electron chi connectivity index (χ4n) is 1.84. The highest BCUT2D eigenvalue weighted by Crippen LogP contribution is 2.18. The first-order valence-corrected chi connectivity index (χ1v) is 6.45. The molecule has 1 rings (SSSR count). The average Bonchev–Trinajstić information content (AvgIpc) is 2.32. The smallest absolute Gasteiger partial charge is 0.141 e. The Bertz CT molecular complexity index is 344. The molecule has 1 unspecified atom stereocenters. The van der Waals surface area contributed by atoms with Crippen LogP contribution in [0.4, 0.5) is 4.39 Å². The highest BCUT2D eigenvalue weighted by atomic mass is 35.5. The number of halogens is 2. The van der Waals surface area contributed by atoms with Gasteiger partial charge in [-0.2, -0.15) is 0 Å². The van der Waals surface area contributed by atoms with Crippen molar-refractivity contribution in [2.24, 2.45) is 5.84 Å². The van der Waals surface area contributed by atoms with Gasteiger partial charge in [0.25, 0.3) is 0 Å². The van der Waals surface area contributed by atoms with E-state index in [1.165, 1.54) is 18.9 Å². The molecule has 2 nitrogen and oxygen atoms in total. The van der Waals surface area contributed by atoms with E-state index in [9.17, 15) is 4.39 Å². The molecule has 0 aromatic heterocycles. The molecule has 0 heterocycles. The van der Waals surface area contributed by atoms with Gasteiger partial charge in [-0.3, -0.25) is 11.3 Å². The molecule has 1 aromatic carbocycles. The molecule has 17 heavy (non-hydrogen) atoms. The predicted octanol–water partition coefficient (Wildman–Crippen LogP) is 3.43. The topological polar surface area (TPSA) is 38.0 Å². The lowest BCUT2D eigenvalue weighted by Crippen LogP contribution is -2.36. The SMILES string of the molecule is CCCCCC(Cc1ccc(F)c(Cl)c1)NN. The Kier molecular flexibility index (Phi) is 6.48. The fraction of sp³-hybridized carbons (Fsp3) is 0.538. The zero-order valence-corrected chi connectivity index (χ0v) is 10.9. The minimum absolute atomic E-state index is 0.173. The molecule has 4 heteroatoms. The van der Waals surface area contributed by atoms with E-state index in [1.807, 2.05) is 0 Å². The van der Waals surface area contributed by atoms with Crippen LogP contribution in [0.15, 0.2) is 18.2 Å². The molecule has 0 fully saturated rings. The van der Waals surface area contributed by atoms with Gasteiger partial charge in [-0.1, -0.05) is 43.9 Å². The molecular weight excluding hydrogens is 239 g/mol. The number of nitrogens with one attached hydrogen (secondary N) is 1. The molecule has 1 aromatic rings. The van der Waals surface area contributed by atoms with E-state index in [0.29, 0.717) is 0 Å². The van der Waals surface area contributed by atoms with E-state index >= 15 is 0 Å². The number of unbranched alkanes of at least 4 members (excludes halogenated alkanes) is 2. The van der Waals surface area contributed by atoms with E-state index < -0.39 is 0 Å². The monoisotopic (exact) mass is 258 g/mol. The molecule has 0 radical (unpaired) electrons. The molecule has 96 valence electrons. The second-order valence-electron chi connectivity index (χ2n) is 4.31. The van der Waals surface area contributed by atoms with Gasteiger partial charge in [-0.25, -0.2) is 4.39 Å². The van der Waals surface area contributed by atoms with Gasteiger partial charge in [-0.15, -0.1) is 0 Å². The van der Waals surface area contributed by atoms with Crippen molar-refractivity contribution in [3.63, 3.8) is 0 Å². The highest BCUT2D eigenvalue weighted by Gasteiger charge is 2.09. The summed E-state index contributed by atoms with van der Waals surface area (Å²) < 4.78 is 13.0. The normalized spacial score (nSPS) is 12.7. The van der Waals surface area contributed by atoms with Crippen molar-refractivity contribution in [3.8, 4) is 0 Å². The maximum Gasteiger partial charge on any atom is 0.141 e. The van der Waals surface area contributed by atoms with Crippen molar-refractivity contribution in [2.75, 3.05) is 0 Å². The van der Waals surface area contributed by atoms with Gasteiger partial charge in [-0.05, 0) is 30.5 Å². The second kappa shape index (κ2) is 7.64. The third kappa shape index (κ3) is 5.02. The summed E-state index contributed by atoms with van der Waals surface area (Å²) in [7, 11) is 0. The summed E-state index contributed by atoms with van der Waals surface area (Å²) in [6.07, 6.45) is 5.36. The minimum Gasteiger partial charge on any atom is -0.271 e. The molecular formula is C13H20ClFN2. The summed E-state index contributed by atoms with van der Waals surface area (Å²) in [6, 6.07) is 5.05. The van der Waals surface area contributed by atoms with Crippen LogP contribution in [0.3, 0.4) is 0 Å². The predicted molar refractivity (Wildman–Crippen MR) is 70.4 cm³/mol. The zero-order chi connectivity index (χ0) is 12.7. The number of hydrazine groups is 1. The van der Waals surface area contributed by atoms with Gasteiger partial charge in [0.1, 0.15) is 5.82 Å². The lowest BCUT2D eigenvalue weighted by Gasteiger charge is -2.15. The van der Waals surface area contributed by atoms with Crippen LogP contribution in [0.1, 0.15) is 38.2 Å². The molecule has 0 aliphatic rings. The number of benzene rings is 1. The standard InChI is InChI=1S/C13H20ClFN2/c1-2-3-4-5-11(17-16)8-10-6-7-13(15)12(14)9-10/h6-7,9,11,17H,2-5,8,16H2,1H3.